The highest BCUT2D eigenvalue weighted by molar-refractivity contribution is 7.90. The van der Waals surface area contributed by atoms with E-state index in [0.29, 0.717) is 11.4 Å². The van der Waals surface area contributed by atoms with E-state index in [4.69, 9.17) is 0 Å². The average molecular weight is 369 g/mol. The van der Waals surface area contributed by atoms with Crippen LogP contribution in [0.3, 0.4) is 0 Å². The summed E-state index contributed by atoms with van der Waals surface area (Å²) in [4.78, 5) is 14.1. The van der Waals surface area contributed by atoms with Crippen molar-refractivity contribution in [2.24, 2.45) is 4.40 Å². The van der Waals surface area contributed by atoms with Crippen molar-refractivity contribution in [2.45, 2.75) is 24.2 Å². The topological polar surface area (TPSA) is 78.8 Å². The number of anilines is 1. The van der Waals surface area contributed by atoms with E-state index in [9.17, 15) is 13.2 Å². The average Bonchev–Trinajstić information content (AvgIpc) is 3.17. The number of nitrogens with zero attached hydrogens (tertiary/aromatic N) is 2. The Kier molecular flexibility index (Phi) is 4.03. The normalized spacial score (nSPS) is 16.6. The van der Waals surface area contributed by atoms with Crippen LogP contribution in [0, 0.1) is 0 Å². The highest BCUT2D eigenvalue weighted by Crippen LogP contribution is 2.27. The molecule has 26 heavy (non-hydrogen) atoms. The van der Waals surface area contributed by atoms with Gasteiger partial charge in [0.25, 0.3) is 10.0 Å². The molecule has 6 nitrogen and oxygen atoms in total. The SMILES string of the molecule is CN(CC(=O)Nc1ccc2c(c1)CCC2)C1=NS(=O)(=O)c2ccccc21. The summed E-state index contributed by atoms with van der Waals surface area (Å²) in [6.07, 6.45) is 3.30. The number of fused-ring (bicyclic) bond motifs is 2. The van der Waals surface area contributed by atoms with Crippen LogP contribution >= 0.6 is 0 Å². The van der Waals surface area contributed by atoms with Gasteiger partial charge in [0.15, 0.2) is 5.84 Å². The van der Waals surface area contributed by atoms with E-state index >= 15 is 0 Å². The summed E-state index contributed by atoms with van der Waals surface area (Å²) < 4.78 is 28.1. The predicted molar refractivity (Wildman–Crippen MR) is 99.9 cm³/mol. The molecule has 1 aliphatic heterocycles. The van der Waals surface area contributed by atoms with Crippen molar-refractivity contribution in [3.8, 4) is 0 Å². The highest BCUT2D eigenvalue weighted by Gasteiger charge is 2.30. The van der Waals surface area contributed by atoms with Crippen LogP contribution in [0.2, 0.25) is 0 Å². The lowest BCUT2D eigenvalue weighted by molar-refractivity contribution is -0.116. The van der Waals surface area contributed by atoms with Gasteiger partial charge >= 0.3 is 0 Å². The molecule has 4 rings (SSSR count). The van der Waals surface area contributed by atoms with Gasteiger partial charge in [0, 0.05) is 18.3 Å². The van der Waals surface area contributed by atoms with E-state index in [2.05, 4.69) is 15.8 Å². The van der Waals surface area contributed by atoms with Gasteiger partial charge in [0.05, 0.1) is 6.54 Å². The fraction of sp³-hybridized carbons (Fsp3) is 0.263. The lowest BCUT2D eigenvalue weighted by Gasteiger charge is -2.18. The first kappa shape index (κ1) is 16.8. The summed E-state index contributed by atoms with van der Waals surface area (Å²) in [6, 6.07) is 12.6. The van der Waals surface area contributed by atoms with Gasteiger partial charge < -0.3 is 10.2 Å². The second kappa shape index (κ2) is 6.25. The Bertz CT molecular complexity index is 1030. The second-order valence-electron chi connectivity index (χ2n) is 6.63. The minimum absolute atomic E-state index is 0.0137. The zero-order valence-electron chi connectivity index (χ0n) is 14.4. The number of amides is 1. The second-order valence-corrected chi connectivity index (χ2v) is 8.20. The van der Waals surface area contributed by atoms with Crippen molar-refractivity contribution in [2.75, 3.05) is 18.9 Å². The van der Waals surface area contributed by atoms with Crippen molar-refractivity contribution < 1.29 is 13.2 Å². The molecule has 1 aliphatic carbocycles. The molecule has 0 spiro atoms. The van der Waals surface area contributed by atoms with Crippen LogP contribution in [-0.4, -0.2) is 38.7 Å². The van der Waals surface area contributed by atoms with E-state index in [1.54, 1.807) is 30.1 Å². The molecule has 2 aromatic carbocycles. The van der Waals surface area contributed by atoms with Gasteiger partial charge in [-0.3, -0.25) is 4.79 Å². The number of carbonyl (C=O) groups is 1. The van der Waals surface area contributed by atoms with E-state index in [-0.39, 0.29) is 17.3 Å². The van der Waals surface area contributed by atoms with E-state index in [1.807, 2.05) is 12.1 Å². The van der Waals surface area contributed by atoms with Crippen LogP contribution in [0.25, 0.3) is 0 Å². The molecule has 0 saturated heterocycles. The number of sulfonamides is 1. The number of hydrogen-bond acceptors (Lipinski definition) is 4. The van der Waals surface area contributed by atoms with Crippen LogP contribution in [-0.2, 0) is 27.7 Å². The standard InChI is InChI=1S/C19H19N3O3S/c1-22(19-16-7-2-3-8-17(16)26(24,25)21-19)12-18(23)20-15-10-9-13-5-4-6-14(13)11-15/h2-3,7-11H,4-6,12H2,1H3,(H,20,23). The van der Waals surface area contributed by atoms with Crippen molar-refractivity contribution >= 4 is 27.5 Å². The molecule has 0 aromatic heterocycles. The Balaban J connectivity index is 1.48. The van der Waals surface area contributed by atoms with E-state index in [1.165, 1.54) is 17.2 Å². The van der Waals surface area contributed by atoms with Gasteiger partial charge in [-0.1, -0.05) is 18.2 Å². The number of amidine groups is 1. The third-order valence-corrected chi connectivity index (χ3v) is 6.06. The largest absolute Gasteiger partial charge is 0.349 e. The van der Waals surface area contributed by atoms with Crippen LogP contribution in [0.4, 0.5) is 5.69 Å². The Morgan fingerprint density at radius 2 is 1.92 bits per heavy atom. The monoisotopic (exact) mass is 369 g/mol. The quantitative estimate of drug-likeness (QED) is 0.900. The summed E-state index contributed by atoms with van der Waals surface area (Å²) in [6.45, 7) is 0.0137. The zero-order chi connectivity index (χ0) is 18.3. The number of hydrogen-bond donors (Lipinski definition) is 1. The number of aryl methyl sites for hydroxylation is 2. The molecular formula is C19H19N3O3S. The molecule has 1 heterocycles. The maximum absolute atomic E-state index is 12.4. The minimum atomic E-state index is -3.69. The predicted octanol–water partition coefficient (Wildman–Crippen LogP) is 2.19. The number of likely N-dealkylation sites (N-methyl/N-ethyl adjacent to an activating group) is 1. The Morgan fingerprint density at radius 3 is 2.77 bits per heavy atom. The van der Waals surface area contributed by atoms with Crippen LogP contribution in [0.5, 0.6) is 0 Å². The van der Waals surface area contributed by atoms with Crippen LogP contribution in [0.1, 0.15) is 23.1 Å². The Labute approximate surface area is 152 Å². The molecule has 0 saturated carbocycles. The Morgan fingerprint density at radius 1 is 1.15 bits per heavy atom. The van der Waals surface area contributed by atoms with Crippen molar-refractivity contribution in [3.63, 3.8) is 0 Å². The molecular weight excluding hydrogens is 350 g/mol. The maximum atomic E-state index is 12.4. The molecule has 1 N–H and O–H groups in total. The lowest BCUT2D eigenvalue weighted by atomic mass is 10.1. The summed E-state index contributed by atoms with van der Waals surface area (Å²) in [5, 5.41) is 2.89. The molecule has 2 aromatic rings. The molecule has 2 aliphatic rings. The lowest BCUT2D eigenvalue weighted by Crippen LogP contribution is -2.34. The molecule has 0 fully saturated rings. The van der Waals surface area contributed by atoms with Gasteiger partial charge in [-0.25, -0.2) is 0 Å². The van der Waals surface area contributed by atoms with Crippen LogP contribution < -0.4 is 5.32 Å². The molecule has 134 valence electrons. The smallest absolute Gasteiger partial charge is 0.285 e. The maximum Gasteiger partial charge on any atom is 0.285 e. The molecule has 0 bridgehead atoms. The number of nitrogens with one attached hydrogen (secondary N) is 1. The molecule has 7 heteroatoms. The molecule has 0 atom stereocenters. The van der Waals surface area contributed by atoms with Crippen molar-refractivity contribution in [3.05, 3.63) is 59.2 Å². The number of benzene rings is 2. The van der Waals surface area contributed by atoms with Gasteiger partial charge in [-0.15, -0.1) is 4.40 Å². The number of rotatable bonds is 3. The van der Waals surface area contributed by atoms with Crippen molar-refractivity contribution in [1.29, 1.82) is 0 Å². The van der Waals surface area contributed by atoms with Gasteiger partial charge in [0.2, 0.25) is 5.91 Å². The van der Waals surface area contributed by atoms with Gasteiger partial charge in [-0.05, 0) is 54.7 Å². The van der Waals surface area contributed by atoms with E-state index < -0.39 is 10.0 Å². The first-order valence-corrected chi connectivity index (χ1v) is 9.95. The summed E-state index contributed by atoms with van der Waals surface area (Å²) in [7, 11) is -2.02. The fourth-order valence-corrected chi connectivity index (χ4v) is 4.76. The highest BCUT2D eigenvalue weighted by atomic mass is 32.2. The third-order valence-electron chi connectivity index (χ3n) is 4.74. The first-order chi connectivity index (χ1) is 12.4. The fourth-order valence-electron chi connectivity index (χ4n) is 3.50. The third kappa shape index (κ3) is 2.99. The molecule has 0 unspecified atom stereocenters. The minimum Gasteiger partial charge on any atom is -0.349 e. The first-order valence-electron chi connectivity index (χ1n) is 8.51. The number of carbonyl (C=O) groups excluding carboxylic acids is 1. The zero-order valence-corrected chi connectivity index (χ0v) is 15.2. The van der Waals surface area contributed by atoms with Crippen LogP contribution in [0.15, 0.2) is 51.8 Å². The van der Waals surface area contributed by atoms with Crippen molar-refractivity contribution in [1.82, 2.24) is 4.90 Å². The summed E-state index contributed by atoms with van der Waals surface area (Å²) in [5.74, 6) is 0.0830. The summed E-state index contributed by atoms with van der Waals surface area (Å²) >= 11 is 0. The van der Waals surface area contributed by atoms with E-state index in [0.717, 1.165) is 24.9 Å². The van der Waals surface area contributed by atoms with Gasteiger partial charge in [-0.2, -0.15) is 8.42 Å². The Hall–Kier alpha value is -2.67. The van der Waals surface area contributed by atoms with Gasteiger partial charge in [0.1, 0.15) is 4.90 Å². The molecule has 1 amide bonds. The molecule has 0 radical (unpaired) electrons. The summed E-state index contributed by atoms with van der Waals surface area (Å²) in [5.41, 5.74) is 3.93.